The van der Waals surface area contributed by atoms with E-state index < -0.39 is 14.9 Å². The SMILES string of the molecule is O=[N+]([O-])c1ccc(Nc2nc3ccccc3nc2NS(=O)(=O)c2ccccc2)cc1. The van der Waals surface area contributed by atoms with Crippen LogP contribution in [0.3, 0.4) is 0 Å². The molecule has 9 nitrogen and oxygen atoms in total. The Bertz CT molecular complexity index is 1330. The van der Waals surface area contributed by atoms with E-state index in [1.54, 1.807) is 42.5 Å². The van der Waals surface area contributed by atoms with Gasteiger partial charge in [-0.3, -0.25) is 14.8 Å². The van der Waals surface area contributed by atoms with Gasteiger partial charge in [-0.2, -0.15) is 0 Å². The molecule has 4 aromatic rings. The predicted molar refractivity (Wildman–Crippen MR) is 113 cm³/mol. The number of para-hydroxylation sites is 2. The molecule has 0 atom stereocenters. The summed E-state index contributed by atoms with van der Waals surface area (Å²) in [6.07, 6.45) is 0. The molecule has 10 heteroatoms. The van der Waals surface area contributed by atoms with E-state index in [1.165, 1.54) is 36.4 Å². The second-order valence-electron chi connectivity index (χ2n) is 6.26. The van der Waals surface area contributed by atoms with Crippen LogP contribution in [-0.4, -0.2) is 23.3 Å². The van der Waals surface area contributed by atoms with Crippen LogP contribution in [-0.2, 0) is 10.0 Å². The molecule has 4 rings (SSSR count). The zero-order valence-electron chi connectivity index (χ0n) is 15.4. The van der Waals surface area contributed by atoms with Gasteiger partial charge in [0.2, 0.25) is 0 Å². The minimum Gasteiger partial charge on any atom is -0.337 e. The predicted octanol–water partition coefficient (Wildman–Crippen LogP) is 4.08. The van der Waals surface area contributed by atoms with Gasteiger partial charge >= 0.3 is 0 Å². The zero-order chi connectivity index (χ0) is 21.1. The second-order valence-corrected chi connectivity index (χ2v) is 7.94. The largest absolute Gasteiger partial charge is 0.337 e. The minimum absolute atomic E-state index is 0.0101. The number of hydrogen-bond donors (Lipinski definition) is 2. The number of nitrogens with one attached hydrogen (secondary N) is 2. The second kappa shape index (κ2) is 7.76. The van der Waals surface area contributed by atoms with Crippen LogP contribution in [0.4, 0.5) is 23.0 Å². The van der Waals surface area contributed by atoms with Crippen molar-refractivity contribution in [2.24, 2.45) is 0 Å². The average Bonchev–Trinajstić information content (AvgIpc) is 2.75. The number of nitro benzene ring substituents is 1. The molecular weight excluding hydrogens is 406 g/mol. The molecule has 0 aliphatic rings. The Hall–Kier alpha value is -4.05. The lowest BCUT2D eigenvalue weighted by Crippen LogP contribution is -2.16. The summed E-state index contributed by atoms with van der Waals surface area (Å²) >= 11 is 0. The summed E-state index contributed by atoms with van der Waals surface area (Å²) in [5, 5.41) is 13.8. The van der Waals surface area contributed by atoms with E-state index in [9.17, 15) is 18.5 Å². The lowest BCUT2D eigenvalue weighted by Gasteiger charge is -2.14. The van der Waals surface area contributed by atoms with E-state index in [4.69, 9.17) is 0 Å². The number of fused-ring (bicyclic) bond motifs is 1. The summed E-state index contributed by atoms with van der Waals surface area (Å²) in [6.45, 7) is 0. The quantitative estimate of drug-likeness (QED) is 0.355. The van der Waals surface area contributed by atoms with E-state index >= 15 is 0 Å². The van der Waals surface area contributed by atoms with Crippen LogP contribution in [0.15, 0.2) is 83.8 Å². The van der Waals surface area contributed by atoms with Crippen molar-refractivity contribution in [1.29, 1.82) is 0 Å². The molecule has 0 saturated carbocycles. The fraction of sp³-hybridized carbons (Fsp3) is 0. The molecule has 2 N–H and O–H groups in total. The number of benzene rings is 3. The van der Waals surface area contributed by atoms with Gasteiger partial charge in [0, 0.05) is 17.8 Å². The number of non-ortho nitro benzene ring substituents is 1. The van der Waals surface area contributed by atoms with Crippen LogP contribution < -0.4 is 10.0 Å². The highest BCUT2D eigenvalue weighted by molar-refractivity contribution is 7.92. The van der Waals surface area contributed by atoms with Gasteiger partial charge in [-0.15, -0.1) is 0 Å². The van der Waals surface area contributed by atoms with Crippen LogP contribution in [0.5, 0.6) is 0 Å². The van der Waals surface area contributed by atoms with Crippen LogP contribution in [0.1, 0.15) is 0 Å². The Labute approximate surface area is 171 Å². The molecule has 0 radical (unpaired) electrons. The molecule has 0 amide bonds. The molecule has 150 valence electrons. The van der Waals surface area contributed by atoms with Gasteiger partial charge in [-0.05, 0) is 36.4 Å². The summed E-state index contributed by atoms with van der Waals surface area (Å²) in [7, 11) is -3.90. The number of nitrogens with zero attached hydrogens (tertiary/aromatic N) is 3. The first-order chi connectivity index (χ1) is 14.4. The number of hydrogen-bond acceptors (Lipinski definition) is 7. The fourth-order valence-electron chi connectivity index (χ4n) is 2.75. The van der Waals surface area contributed by atoms with E-state index in [0.717, 1.165) is 0 Å². The molecule has 1 heterocycles. The molecule has 0 aliphatic carbocycles. The Morgan fingerprint density at radius 3 is 1.93 bits per heavy atom. The van der Waals surface area contributed by atoms with Gasteiger partial charge in [-0.25, -0.2) is 18.4 Å². The normalized spacial score (nSPS) is 11.2. The maximum atomic E-state index is 12.8. The molecule has 0 bridgehead atoms. The first-order valence-electron chi connectivity index (χ1n) is 8.78. The Balaban J connectivity index is 1.75. The van der Waals surface area contributed by atoms with Crippen molar-refractivity contribution in [3.05, 3.63) is 89.0 Å². The number of sulfonamides is 1. The highest BCUT2D eigenvalue weighted by Crippen LogP contribution is 2.27. The molecule has 0 spiro atoms. The average molecular weight is 421 g/mol. The van der Waals surface area contributed by atoms with Crippen LogP contribution >= 0.6 is 0 Å². The first-order valence-corrected chi connectivity index (χ1v) is 10.3. The molecule has 30 heavy (non-hydrogen) atoms. The number of nitro groups is 1. The number of aromatic nitrogens is 2. The van der Waals surface area contributed by atoms with Crippen molar-refractivity contribution in [1.82, 2.24) is 9.97 Å². The molecule has 0 unspecified atom stereocenters. The molecule has 0 aliphatic heterocycles. The van der Waals surface area contributed by atoms with Gasteiger partial charge in [0.05, 0.1) is 20.9 Å². The van der Waals surface area contributed by atoms with Gasteiger partial charge in [0.1, 0.15) is 0 Å². The summed E-state index contributed by atoms with van der Waals surface area (Å²) in [6, 6.07) is 20.6. The molecular formula is C20H15N5O4S. The third-order valence-corrected chi connectivity index (χ3v) is 5.55. The fourth-order valence-corrected chi connectivity index (χ4v) is 3.78. The van der Waals surface area contributed by atoms with Crippen LogP contribution in [0.2, 0.25) is 0 Å². The van der Waals surface area contributed by atoms with Crippen LogP contribution in [0, 0.1) is 10.1 Å². The van der Waals surface area contributed by atoms with Gasteiger partial charge in [0.15, 0.2) is 11.6 Å². The molecule has 0 fully saturated rings. The summed E-state index contributed by atoms with van der Waals surface area (Å²) in [4.78, 5) is 19.3. The van der Waals surface area contributed by atoms with Crippen LogP contribution in [0.25, 0.3) is 11.0 Å². The maximum Gasteiger partial charge on any atom is 0.269 e. The third-order valence-electron chi connectivity index (χ3n) is 4.20. The topological polar surface area (TPSA) is 127 Å². The summed E-state index contributed by atoms with van der Waals surface area (Å²) in [5.41, 5.74) is 1.50. The van der Waals surface area contributed by atoms with E-state index in [1.807, 2.05) is 0 Å². The Morgan fingerprint density at radius 1 is 0.767 bits per heavy atom. The molecule has 0 saturated heterocycles. The smallest absolute Gasteiger partial charge is 0.269 e. The van der Waals surface area contributed by atoms with E-state index in [0.29, 0.717) is 16.7 Å². The van der Waals surface area contributed by atoms with Gasteiger partial charge in [-0.1, -0.05) is 30.3 Å². The lowest BCUT2D eigenvalue weighted by atomic mass is 10.2. The summed E-state index contributed by atoms with van der Waals surface area (Å²) < 4.78 is 28.0. The van der Waals surface area contributed by atoms with Crippen molar-refractivity contribution in [2.45, 2.75) is 4.90 Å². The van der Waals surface area contributed by atoms with Crippen molar-refractivity contribution in [2.75, 3.05) is 10.0 Å². The number of anilines is 3. The number of rotatable bonds is 6. The highest BCUT2D eigenvalue weighted by Gasteiger charge is 2.19. The lowest BCUT2D eigenvalue weighted by molar-refractivity contribution is -0.384. The zero-order valence-corrected chi connectivity index (χ0v) is 16.2. The molecule has 3 aromatic carbocycles. The highest BCUT2D eigenvalue weighted by atomic mass is 32.2. The summed E-state index contributed by atoms with van der Waals surface area (Å²) in [5.74, 6) is 0.179. The first kappa shape index (κ1) is 19.3. The minimum atomic E-state index is -3.90. The molecule has 1 aromatic heterocycles. The van der Waals surface area contributed by atoms with Crippen molar-refractivity contribution in [3.63, 3.8) is 0 Å². The van der Waals surface area contributed by atoms with Gasteiger partial charge < -0.3 is 5.32 Å². The van der Waals surface area contributed by atoms with Crippen molar-refractivity contribution < 1.29 is 13.3 Å². The maximum absolute atomic E-state index is 12.8. The van der Waals surface area contributed by atoms with E-state index in [-0.39, 0.29) is 22.2 Å². The third kappa shape index (κ3) is 4.03. The van der Waals surface area contributed by atoms with Gasteiger partial charge in [0.25, 0.3) is 15.7 Å². The van der Waals surface area contributed by atoms with Crippen molar-refractivity contribution in [3.8, 4) is 0 Å². The Kier molecular flexibility index (Phi) is 4.98. The monoisotopic (exact) mass is 421 g/mol. The van der Waals surface area contributed by atoms with Crippen molar-refractivity contribution >= 4 is 44.1 Å². The Morgan fingerprint density at radius 2 is 1.33 bits per heavy atom. The standard InChI is InChI=1S/C20H15N5O4S/c26-25(27)15-12-10-14(11-13-15)21-19-20(23-18-9-5-4-8-17(18)22-19)24-30(28,29)16-6-2-1-3-7-16/h1-13H,(H,21,22)(H,23,24). The van der Waals surface area contributed by atoms with E-state index in [2.05, 4.69) is 20.0 Å².